The summed E-state index contributed by atoms with van der Waals surface area (Å²) in [4.78, 5) is 19.1. The number of nitrogens with zero attached hydrogens (tertiary/aromatic N) is 3. The van der Waals surface area contributed by atoms with Crippen LogP contribution >= 0.6 is 0 Å². The van der Waals surface area contributed by atoms with E-state index in [1.165, 1.54) is 19.3 Å². The van der Waals surface area contributed by atoms with Gasteiger partial charge in [0.25, 0.3) is 5.91 Å². The maximum absolute atomic E-state index is 12.2. The van der Waals surface area contributed by atoms with Crippen molar-refractivity contribution in [3.8, 4) is 0 Å². The predicted octanol–water partition coefficient (Wildman–Crippen LogP) is 2.25. The molecular formula is C17H24N4O. The molecule has 5 heteroatoms. The standard InChI is InChI=1S/C17H24N4O/c1-13-6-9-21-12-15(19-16(21)11-13)17(22)18-7-10-20-8-4-3-5-14(20)2/h6,9,11-12,14H,3-5,7-8,10H2,1-2H3,(H,18,22)/t14-/m0/s1. The molecular weight excluding hydrogens is 276 g/mol. The van der Waals surface area contributed by atoms with Gasteiger partial charge in [0, 0.05) is 31.5 Å². The van der Waals surface area contributed by atoms with Crippen molar-refractivity contribution in [3.63, 3.8) is 0 Å². The zero-order valence-electron chi connectivity index (χ0n) is 13.4. The maximum atomic E-state index is 12.2. The molecule has 1 N–H and O–H groups in total. The third kappa shape index (κ3) is 3.30. The fourth-order valence-electron chi connectivity index (χ4n) is 3.09. The van der Waals surface area contributed by atoms with Gasteiger partial charge in [0.15, 0.2) is 0 Å². The van der Waals surface area contributed by atoms with Crippen LogP contribution in [0.1, 0.15) is 42.2 Å². The highest BCUT2D eigenvalue weighted by Crippen LogP contribution is 2.15. The summed E-state index contributed by atoms with van der Waals surface area (Å²) in [6.07, 6.45) is 7.58. The quantitative estimate of drug-likeness (QED) is 0.942. The Morgan fingerprint density at radius 1 is 1.45 bits per heavy atom. The number of imidazole rings is 1. The number of fused-ring (bicyclic) bond motifs is 1. The van der Waals surface area contributed by atoms with Crippen molar-refractivity contribution in [1.29, 1.82) is 0 Å². The van der Waals surface area contributed by atoms with Gasteiger partial charge in [-0.25, -0.2) is 4.98 Å². The first-order valence-corrected chi connectivity index (χ1v) is 8.11. The number of aromatic nitrogens is 2. The molecule has 0 aromatic carbocycles. The van der Waals surface area contributed by atoms with Crippen molar-refractivity contribution in [2.24, 2.45) is 0 Å². The molecule has 0 saturated carbocycles. The lowest BCUT2D eigenvalue weighted by atomic mass is 10.0. The first-order chi connectivity index (χ1) is 10.6. The normalized spacial score (nSPS) is 19.5. The fraction of sp³-hybridized carbons (Fsp3) is 0.529. The average Bonchev–Trinajstić information content (AvgIpc) is 2.92. The largest absolute Gasteiger partial charge is 0.349 e. The van der Waals surface area contributed by atoms with Crippen LogP contribution in [0, 0.1) is 6.92 Å². The SMILES string of the molecule is Cc1ccn2cc(C(=O)NCCN3CCCC[C@@H]3C)nc2c1. The molecule has 1 aliphatic heterocycles. The zero-order chi connectivity index (χ0) is 15.5. The van der Waals surface area contributed by atoms with Gasteiger partial charge in [-0.1, -0.05) is 6.42 Å². The van der Waals surface area contributed by atoms with Gasteiger partial charge in [-0.05, 0) is 50.9 Å². The summed E-state index contributed by atoms with van der Waals surface area (Å²) in [6.45, 7) is 7.03. The van der Waals surface area contributed by atoms with Crippen molar-refractivity contribution in [3.05, 3.63) is 35.8 Å². The number of carbonyl (C=O) groups excluding carboxylic acids is 1. The number of hydrogen-bond acceptors (Lipinski definition) is 3. The molecule has 3 heterocycles. The van der Waals surface area contributed by atoms with Crippen LogP contribution in [0.25, 0.3) is 5.65 Å². The number of pyridine rings is 1. The summed E-state index contributed by atoms with van der Waals surface area (Å²) in [6, 6.07) is 4.61. The first kappa shape index (κ1) is 15.0. The molecule has 0 aliphatic carbocycles. The number of likely N-dealkylation sites (tertiary alicyclic amines) is 1. The van der Waals surface area contributed by atoms with Crippen molar-refractivity contribution in [2.75, 3.05) is 19.6 Å². The maximum Gasteiger partial charge on any atom is 0.271 e. The van der Waals surface area contributed by atoms with E-state index in [0.29, 0.717) is 18.3 Å². The Morgan fingerprint density at radius 3 is 3.14 bits per heavy atom. The molecule has 1 fully saturated rings. The summed E-state index contributed by atoms with van der Waals surface area (Å²) in [5.41, 5.74) is 2.44. The molecule has 3 rings (SSSR count). The van der Waals surface area contributed by atoms with E-state index in [0.717, 1.165) is 24.3 Å². The molecule has 5 nitrogen and oxygen atoms in total. The van der Waals surface area contributed by atoms with Gasteiger partial charge in [0.05, 0.1) is 0 Å². The molecule has 1 aliphatic rings. The van der Waals surface area contributed by atoms with Gasteiger partial charge in [0.2, 0.25) is 0 Å². The minimum Gasteiger partial charge on any atom is -0.349 e. The fourth-order valence-corrected chi connectivity index (χ4v) is 3.09. The van der Waals surface area contributed by atoms with Gasteiger partial charge in [0.1, 0.15) is 11.3 Å². The Balaban J connectivity index is 1.56. The first-order valence-electron chi connectivity index (χ1n) is 8.11. The van der Waals surface area contributed by atoms with E-state index in [1.807, 2.05) is 29.7 Å². The second kappa shape index (κ2) is 6.48. The van der Waals surface area contributed by atoms with Crippen LogP contribution in [0.15, 0.2) is 24.5 Å². The lowest BCUT2D eigenvalue weighted by molar-refractivity contribution is 0.0934. The lowest BCUT2D eigenvalue weighted by Gasteiger charge is -2.33. The molecule has 0 spiro atoms. The minimum atomic E-state index is -0.0917. The Morgan fingerprint density at radius 2 is 2.32 bits per heavy atom. The number of hydrogen-bond donors (Lipinski definition) is 1. The second-order valence-electron chi connectivity index (χ2n) is 6.23. The molecule has 2 aromatic heterocycles. The van der Waals surface area contributed by atoms with E-state index >= 15 is 0 Å². The molecule has 0 unspecified atom stereocenters. The number of rotatable bonds is 4. The number of amides is 1. The molecule has 22 heavy (non-hydrogen) atoms. The summed E-state index contributed by atoms with van der Waals surface area (Å²) in [5.74, 6) is -0.0917. The van der Waals surface area contributed by atoms with Crippen LogP contribution in [0.2, 0.25) is 0 Å². The van der Waals surface area contributed by atoms with Crippen molar-refractivity contribution < 1.29 is 4.79 Å². The van der Waals surface area contributed by atoms with Gasteiger partial charge in [-0.15, -0.1) is 0 Å². The highest BCUT2D eigenvalue weighted by atomic mass is 16.1. The van der Waals surface area contributed by atoms with E-state index in [2.05, 4.69) is 22.1 Å². The summed E-state index contributed by atoms with van der Waals surface area (Å²) in [7, 11) is 0. The summed E-state index contributed by atoms with van der Waals surface area (Å²) < 4.78 is 1.88. The second-order valence-corrected chi connectivity index (χ2v) is 6.23. The van der Waals surface area contributed by atoms with Crippen LogP contribution in [0.4, 0.5) is 0 Å². The molecule has 0 radical (unpaired) electrons. The van der Waals surface area contributed by atoms with Gasteiger partial charge in [-0.2, -0.15) is 0 Å². The van der Waals surface area contributed by atoms with Gasteiger partial charge >= 0.3 is 0 Å². The highest BCUT2D eigenvalue weighted by molar-refractivity contribution is 5.92. The third-order valence-electron chi connectivity index (χ3n) is 4.47. The lowest BCUT2D eigenvalue weighted by Crippen LogP contribution is -2.42. The van der Waals surface area contributed by atoms with Gasteiger partial charge in [-0.3, -0.25) is 9.69 Å². The Bertz CT molecular complexity index is 664. The van der Waals surface area contributed by atoms with E-state index in [-0.39, 0.29) is 5.91 Å². The molecule has 2 aromatic rings. The Hall–Kier alpha value is -1.88. The highest BCUT2D eigenvalue weighted by Gasteiger charge is 2.18. The zero-order valence-corrected chi connectivity index (χ0v) is 13.4. The predicted molar refractivity (Wildman–Crippen MR) is 87.1 cm³/mol. The van der Waals surface area contributed by atoms with Crippen LogP contribution in [0.5, 0.6) is 0 Å². The van der Waals surface area contributed by atoms with Gasteiger partial charge < -0.3 is 9.72 Å². The van der Waals surface area contributed by atoms with Crippen LogP contribution in [0.3, 0.4) is 0 Å². The average molecular weight is 300 g/mol. The van der Waals surface area contributed by atoms with E-state index in [9.17, 15) is 4.79 Å². The number of nitrogens with one attached hydrogen (secondary N) is 1. The molecule has 0 bridgehead atoms. The van der Waals surface area contributed by atoms with E-state index < -0.39 is 0 Å². The van der Waals surface area contributed by atoms with E-state index in [4.69, 9.17) is 0 Å². The van der Waals surface area contributed by atoms with Crippen molar-refractivity contribution in [1.82, 2.24) is 19.6 Å². The number of carbonyl (C=O) groups is 1. The monoisotopic (exact) mass is 300 g/mol. The summed E-state index contributed by atoms with van der Waals surface area (Å²) >= 11 is 0. The Kier molecular flexibility index (Phi) is 4.43. The number of piperidine rings is 1. The topological polar surface area (TPSA) is 49.6 Å². The minimum absolute atomic E-state index is 0.0917. The Labute approximate surface area is 131 Å². The van der Waals surface area contributed by atoms with Crippen LogP contribution in [-0.2, 0) is 0 Å². The van der Waals surface area contributed by atoms with E-state index in [1.54, 1.807) is 6.20 Å². The number of aryl methyl sites for hydroxylation is 1. The summed E-state index contributed by atoms with van der Waals surface area (Å²) in [5, 5.41) is 2.99. The van der Waals surface area contributed by atoms with Crippen molar-refractivity contribution >= 4 is 11.6 Å². The molecule has 1 atom stereocenters. The molecule has 1 saturated heterocycles. The van der Waals surface area contributed by atoms with Crippen LogP contribution < -0.4 is 5.32 Å². The van der Waals surface area contributed by atoms with Crippen molar-refractivity contribution in [2.45, 2.75) is 39.2 Å². The smallest absolute Gasteiger partial charge is 0.271 e. The third-order valence-corrected chi connectivity index (χ3v) is 4.47. The van der Waals surface area contributed by atoms with Crippen LogP contribution in [-0.4, -0.2) is 45.9 Å². The molecule has 118 valence electrons. The molecule has 1 amide bonds.